The second kappa shape index (κ2) is 10.1. The van der Waals surface area contributed by atoms with E-state index in [-0.39, 0.29) is 26.2 Å². The van der Waals surface area contributed by atoms with E-state index in [1.807, 2.05) is 0 Å². The molecule has 0 fully saturated rings. The van der Waals surface area contributed by atoms with Gasteiger partial charge in [-0.15, -0.1) is 6.58 Å². The Morgan fingerprint density at radius 3 is 2.78 bits per heavy atom. The second-order valence-corrected chi connectivity index (χ2v) is 6.23. The molecule has 8 heteroatoms. The number of nitrogens with zero attached hydrogens (tertiary/aromatic N) is 1. The van der Waals surface area contributed by atoms with Crippen molar-refractivity contribution in [1.29, 1.82) is 0 Å². The van der Waals surface area contributed by atoms with Crippen LogP contribution in [0.25, 0.3) is 0 Å². The van der Waals surface area contributed by atoms with Crippen LogP contribution < -0.4 is 10.1 Å². The van der Waals surface area contributed by atoms with Gasteiger partial charge in [0.05, 0.1) is 19.3 Å². The van der Waals surface area contributed by atoms with Gasteiger partial charge in [-0.2, -0.15) is 0 Å². The predicted octanol–water partition coefficient (Wildman–Crippen LogP) is 0.00890. The maximum absolute atomic E-state index is 12.6. The molecule has 0 saturated heterocycles. The molecule has 4 N–H and O–H groups in total. The average molecular weight is 378 g/mol. The second-order valence-electron chi connectivity index (χ2n) is 6.23. The van der Waals surface area contributed by atoms with Crippen LogP contribution >= 0.6 is 0 Å². The first-order valence-corrected chi connectivity index (χ1v) is 8.79. The Labute approximate surface area is 158 Å². The van der Waals surface area contributed by atoms with Crippen molar-refractivity contribution in [3.8, 4) is 5.75 Å². The normalized spacial score (nSPS) is 19.7. The number of rotatable bonds is 11. The van der Waals surface area contributed by atoms with Gasteiger partial charge in [-0.25, -0.2) is 4.99 Å². The molecule has 0 aliphatic carbocycles. The number of nitrogens with one attached hydrogen (secondary N) is 1. The summed E-state index contributed by atoms with van der Waals surface area (Å²) in [6.45, 7) is 3.73. The van der Waals surface area contributed by atoms with Crippen molar-refractivity contribution in [1.82, 2.24) is 5.32 Å². The molecule has 0 bridgehead atoms. The van der Waals surface area contributed by atoms with E-state index in [2.05, 4.69) is 16.9 Å². The molecule has 27 heavy (non-hydrogen) atoms. The van der Waals surface area contributed by atoms with Gasteiger partial charge in [0.15, 0.2) is 5.54 Å². The topological polar surface area (TPSA) is 121 Å². The van der Waals surface area contributed by atoms with Gasteiger partial charge in [-0.1, -0.05) is 6.08 Å². The third-order valence-corrected chi connectivity index (χ3v) is 4.05. The lowest BCUT2D eigenvalue weighted by atomic mass is 9.96. The summed E-state index contributed by atoms with van der Waals surface area (Å²) in [7, 11) is 0. The quantitative estimate of drug-likeness (QED) is 0.318. The lowest BCUT2D eigenvalue weighted by Gasteiger charge is -2.22. The Hall–Kier alpha value is -2.42. The molecule has 2 atom stereocenters. The van der Waals surface area contributed by atoms with Gasteiger partial charge >= 0.3 is 0 Å². The maximum Gasteiger partial charge on any atom is 0.252 e. The first-order valence-electron chi connectivity index (χ1n) is 8.79. The van der Waals surface area contributed by atoms with E-state index in [1.54, 1.807) is 30.3 Å². The Kier molecular flexibility index (Phi) is 7.78. The van der Waals surface area contributed by atoms with Crippen LogP contribution in [-0.2, 0) is 9.53 Å². The van der Waals surface area contributed by atoms with Gasteiger partial charge in [0.25, 0.3) is 5.91 Å². The summed E-state index contributed by atoms with van der Waals surface area (Å²) < 4.78 is 11.1. The van der Waals surface area contributed by atoms with Crippen molar-refractivity contribution in [2.75, 3.05) is 33.0 Å². The van der Waals surface area contributed by atoms with Crippen molar-refractivity contribution < 1.29 is 29.6 Å². The highest BCUT2D eigenvalue weighted by atomic mass is 16.5. The van der Waals surface area contributed by atoms with Crippen LogP contribution in [0.2, 0.25) is 0 Å². The summed E-state index contributed by atoms with van der Waals surface area (Å²) in [5, 5.41) is 29.6. The SMILES string of the molecule is C=CC[C@]1(C(=O)NCC(O)CO)COC(c2ccc(OCCCO)cc2)=N1. The zero-order valence-electron chi connectivity index (χ0n) is 15.1. The van der Waals surface area contributed by atoms with Crippen molar-refractivity contribution in [3.05, 3.63) is 42.5 Å². The molecule has 0 spiro atoms. The molecular formula is C19H26N2O6. The first-order chi connectivity index (χ1) is 13.0. The Balaban J connectivity index is 2.10. The minimum absolute atomic E-state index is 0.0597. The number of aliphatic hydroxyl groups excluding tert-OH is 3. The number of aliphatic hydroxyl groups is 3. The molecule has 0 saturated carbocycles. The summed E-state index contributed by atoms with van der Waals surface area (Å²) in [5.41, 5.74) is -0.443. The molecule has 148 valence electrons. The van der Waals surface area contributed by atoms with E-state index in [0.29, 0.717) is 30.2 Å². The predicted molar refractivity (Wildman–Crippen MR) is 99.8 cm³/mol. The summed E-state index contributed by atoms with van der Waals surface area (Å²) in [6.07, 6.45) is 1.40. The minimum Gasteiger partial charge on any atom is -0.494 e. The van der Waals surface area contributed by atoms with Crippen molar-refractivity contribution in [2.45, 2.75) is 24.5 Å². The molecule has 0 aromatic heterocycles. The van der Waals surface area contributed by atoms with E-state index in [9.17, 15) is 9.90 Å². The third-order valence-electron chi connectivity index (χ3n) is 4.05. The minimum atomic E-state index is -1.15. The van der Waals surface area contributed by atoms with Crippen LogP contribution in [0, 0.1) is 0 Å². The molecule has 1 aromatic rings. The van der Waals surface area contributed by atoms with E-state index in [1.165, 1.54) is 0 Å². The lowest BCUT2D eigenvalue weighted by Crippen LogP contribution is -2.48. The highest BCUT2D eigenvalue weighted by Crippen LogP contribution is 2.27. The Morgan fingerprint density at radius 2 is 2.15 bits per heavy atom. The monoisotopic (exact) mass is 378 g/mol. The molecule has 1 unspecified atom stereocenters. The Bertz CT molecular complexity index is 661. The molecule has 1 aliphatic rings. The number of hydrogen-bond donors (Lipinski definition) is 4. The van der Waals surface area contributed by atoms with Gasteiger partial charge in [-0.3, -0.25) is 4.79 Å². The molecule has 0 radical (unpaired) electrons. The largest absolute Gasteiger partial charge is 0.494 e. The summed E-state index contributed by atoms with van der Waals surface area (Å²) >= 11 is 0. The van der Waals surface area contributed by atoms with Crippen molar-refractivity contribution >= 4 is 11.8 Å². The number of ether oxygens (including phenoxy) is 2. The molecule has 1 amide bonds. The molecule has 1 heterocycles. The van der Waals surface area contributed by atoms with Gasteiger partial charge in [0.1, 0.15) is 12.4 Å². The Morgan fingerprint density at radius 1 is 1.41 bits per heavy atom. The number of carbonyl (C=O) groups is 1. The lowest BCUT2D eigenvalue weighted by molar-refractivity contribution is -0.127. The van der Waals surface area contributed by atoms with Gasteiger partial charge in [0.2, 0.25) is 5.90 Å². The smallest absolute Gasteiger partial charge is 0.252 e. The van der Waals surface area contributed by atoms with Crippen LogP contribution in [0.4, 0.5) is 0 Å². The first kappa shape index (κ1) is 20.9. The number of aliphatic imine (C=N–C) groups is 1. The van der Waals surface area contributed by atoms with E-state index >= 15 is 0 Å². The fourth-order valence-electron chi connectivity index (χ4n) is 2.53. The third kappa shape index (κ3) is 5.53. The molecule has 2 rings (SSSR count). The number of amides is 1. The molecular weight excluding hydrogens is 352 g/mol. The summed E-state index contributed by atoms with van der Waals surface area (Å²) in [5.74, 6) is 0.615. The number of hydrogen-bond acceptors (Lipinski definition) is 7. The van der Waals surface area contributed by atoms with Crippen LogP contribution in [0.1, 0.15) is 18.4 Å². The fraction of sp³-hybridized carbons (Fsp3) is 0.474. The molecule has 8 nitrogen and oxygen atoms in total. The standard InChI is InChI=1S/C19H26N2O6/c1-2-8-19(18(25)20-11-15(24)12-23)13-27-17(21-19)14-4-6-16(7-5-14)26-10-3-9-22/h2,4-7,15,22-24H,1,3,8-13H2,(H,20,25)/t15?,19-/m1/s1. The molecule has 1 aliphatic heterocycles. The van der Waals surface area contributed by atoms with Crippen LogP contribution in [0.3, 0.4) is 0 Å². The van der Waals surface area contributed by atoms with E-state index < -0.39 is 24.2 Å². The summed E-state index contributed by atoms with van der Waals surface area (Å²) in [6, 6.07) is 7.10. The van der Waals surface area contributed by atoms with Crippen LogP contribution in [0.5, 0.6) is 5.75 Å². The van der Waals surface area contributed by atoms with Crippen LogP contribution in [0.15, 0.2) is 41.9 Å². The van der Waals surface area contributed by atoms with Crippen LogP contribution in [-0.4, -0.2) is 71.7 Å². The fourth-order valence-corrected chi connectivity index (χ4v) is 2.53. The number of carbonyl (C=O) groups excluding carboxylic acids is 1. The zero-order valence-corrected chi connectivity index (χ0v) is 15.1. The molecule has 1 aromatic carbocycles. The highest BCUT2D eigenvalue weighted by Gasteiger charge is 2.43. The highest BCUT2D eigenvalue weighted by molar-refractivity contribution is 6.00. The van der Waals surface area contributed by atoms with Crippen molar-refractivity contribution in [3.63, 3.8) is 0 Å². The van der Waals surface area contributed by atoms with Crippen molar-refractivity contribution in [2.24, 2.45) is 4.99 Å². The van der Waals surface area contributed by atoms with Gasteiger partial charge in [-0.05, 0) is 24.3 Å². The van der Waals surface area contributed by atoms with Gasteiger partial charge in [0, 0.05) is 31.6 Å². The summed E-state index contributed by atoms with van der Waals surface area (Å²) in [4.78, 5) is 17.1. The number of benzene rings is 1. The van der Waals surface area contributed by atoms with E-state index in [0.717, 1.165) is 0 Å². The van der Waals surface area contributed by atoms with Gasteiger partial charge < -0.3 is 30.1 Å². The van der Waals surface area contributed by atoms with E-state index in [4.69, 9.17) is 19.7 Å². The maximum atomic E-state index is 12.6. The average Bonchev–Trinajstić information content (AvgIpc) is 3.12. The zero-order chi connectivity index (χ0) is 19.7.